The molecule has 3 aromatic rings. The lowest BCUT2D eigenvalue weighted by Gasteiger charge is -2.26. The number of rotatable bonds is 7. The Morgan fingerprint density at radius 3 is 2.64 bits per heavy atom. The number of pyridine rings is 1. The highest BCUT2D eigenvalue weighted by Crippen LogP contribution is 2.19. The molecule has 0 atom stereocenters. The van der Waals surface area contributed by atoms with Crippen LogP contribution in [0.25, 0.3) is 10.8 Å². The molecule has 8 heteroatoms. The number of amides is 1. The molecule has 1 N–H and O–H groups in total. The Morgan fingerprint density at radius 2 is 1.91 bits per heavy atom. The van der Waals surface area contributed by atoms with Gasteiger partial charge in [-0.2, -0.15) is 0 Å². The maximum Gasteiger partial charge on any atom is 0.407 e. The molecule has 1 aromatic heterocycles. The quantitative estimate of drug-likeness (QED) is 0.419. The summed E-state index contributed by atoms with van der Waals surface area (Å²) in [6.07, 6.45) is 3.62. The summed E-state index contributed by atoms with van der Waals surface area (Å²) in [7, 11) is 0. The summed E-state index contributed by atoms with van der Waals surface area (Å²) in [5, 5.41) is 4.97. The predicted octanol–water partition coefficient (Wildman–Crippen LogP) is 5.92. The van der Waals surface area contributed by atoms with E-state index in [0.29, 0.717) is 31.0 Å². The van der Waals surface area contributed by atoms with Crippen molar-refractivity contribution in [3.63, 3.8) is 0 Å². The van der Waals surface area contributed by atoms with E-state index in [1.54, 1.807) is 12.3 Å². The van der Waals surface area contributed by atoms with E-state index in [2.05, 4.69) is 16.4 Å². The third-order valence-electron chi connectivity index (χ3n) is 4.82. The van der Waals surface area contributed by atoms with Crippen molar-refractivity contribution in [2.75, 3.05) is 13.1 Å². The van der Waals surface area contributed by atoms with Crippen LogP contribution < -0.4 is 5.32 Å². The highest BCUT2D eigenvalue weighted by atomic mass is 35.5. The molecule has 0 aliphatic rings. The van der Waals surface area contributed by atoms with Crippen LogP contribution in [-0.2, 0) is 17.7 Å². The Labute approximate surface area is 203 Å². The number of alkyl carbamates (subject to hydrolysis) is 1. The Bertz CT molecular complexity index is 1150. The Balaban J connectivity index is 1.71. The minimum absolute atomic E-state index is 0.0742. The number of aromatic nitrogens is 1. The summed E-state index contributed by atoms with van der Waals surface area (Å²) >= 11 is 11.6. The number of hydrogen-bond acceptors (Lipinski definition) is 4. The Hall–Kier alpha value is -2.77. The van der Waals surface area contributed by atoms with Crippen molar-refractivity contribution in [2.24, 2.45) is 0 Å². The lowest BCUT2D eigenvalue weighted by Crippen LogP contribution is -2.40. The first-order valence-electron chi connectivity index (χ1n) is 10.6. The van der Waals surface area contributed by atoms with E-state index in [4.69, 9.17) is 28.6 Å². The molecule has 2 aromatic carbocycles. The smallest absolute Gasteiger partial charge is 0.407 e. The molecule has 0 spiro atoms. The first kappa shape index (κ1) is 24.9. The van der Waals surface area contributed by atoms with Crippen LogP contribution in [0.3, 0.4) is 0 Å². The van der Waals surface area contributed by atoms with Crippen LogP contribution in [0.1, 0.15) is 31.9 Å². The number of nitrogens with one attached hydrogen (secondary N) is 1. The Kier molecular flexibility index (Phi) is 8.21. The number of benzene rings is 2. The fourth-order valence-corrected chi connectivity index (χ4v) is 3.73. The number of carbonyl (C=O) groups is 1. The molecule has 0 aliphatic carbocycles. The second kappa shape index (κ2) is 10.9. The second-order valence-corrected chi connectivity index (χ2v) is 9.60. The van der Waals surface area contributed by atoms with Crippen LogP contribution in [0.5, 0.6) is 0 Å². The lowest BCUT2D eigenvalue weighted by atomic mass is 10.1. The molecule has 0 saturated heterocycles. The molecule has 0 saturated carbocycles. The third-order valence-corrected chi connectivity index (χ3v) is 5.53. The summed E-state index contributed by atoms with van der Waals surface area (Å²) in [6.45, 7) is 6.59. The number of fused-ring (bicyclic) bond motifs is 1. The van der Waals surface area contributed by atoms with E-state index in [1.807, 2.05) is 50.1 Å². The molecular formula is C25H27ClFN3O2S. The van der Waals surface area contributed by atoms with Crippen LogP contribution in [0.2, 0.25) is 5.02 Å². The van der Waals surface area contributed by atoms with E-state index in [-0.39, 0.29) is 5.02 Å². The van der Waals surface area contributed by atoms with Gasteiger partial charge in [0, 0.05) is 43.8 Å². The van der Waals surface area contributed by atoms with Crippen molar-refractivity contribution >= 4 is 45.7 Å². The fraction of sp³-hybridized carbons (Fsp3) is 0.320. The van der Waals surface area contributed by atoms with E-state index in [9.17, 15) is 9.18 Å². The van der Waals surface area contributed by atoms with E-state index < -0.39 is 17.5 Å². The largest absolute Gasteiger partial charge is 0.444 e. The normalized spacial score (nSPS) is 11.3. The number of hydrogen-bond donors (Lipinski definition) is 1. The first-order chi connectivity index (χ1) is 15.6. The SMILES string of the molecule is CC(C)(C)OC(=O)NCCN(Cc1ccc(Cl)c(F)c1)C(=S)Cc1ccc2cnccc2c1. The number of thiocarbonyl (C=S) groups is 1. The van der Waals surface area contributed by atoms with Crippen LogP contribution in [0.15, 0.2) is 54.9 Å². The third kappa shape index (κ3) is 7.65. The molecule has 0 bridgehead atoms. The molecular weight excluding hydrogens is 461 g/mol. The number of halogens is 2. The van der Waals surface area contributed by atoms with Gasteiger partial charge in [-0.25, -0.2) is 9.18 Å². The zero-order valence-electron chi connectivity index (χ0n) is 18.9. The molecule has 0 unspecified atom stereocenters. The minimum atomic E-state index is -0.578. The van der Waals surface area contributed by atoms with Gasteiger partial charge in [-0.05, 0) is 55.5 Å². The molecule has 0 fully saturated rings. The predicted molar refractivity (Wildman–Crippen MR) is 134 cm³/mol. The van der Waals surface area contributed by atoms with E-state index in [0.717, 1.165) is 21.9 Å². The number of ether oxygens (including phenoxy) is 1. The number of carbonyl (C=O) groups excluding carboxylic acids is 1. The molecule has 0 aliphatic heterocycles. The van der Waals surface area contributed by atoms with Crippen molar-refractivity contribution in [1.82, 2.24) is 15.2 Å². The average molecular weight is 488 g/mol. The minimum Gasteiger partial charge on any atom is -0.444 e. The van der Waals surface area contributed by atoms with Crippen LogP contribution in [0.4, 0.5) is 9.18 Å². The van der Waals surface area contributed by atoms with Crippen LogP contribution in [0, 0.1) is 5.82 Å². The van der Waals surface area contributed by atoms with Gasteiger partial charge in [-0.3, -0.25) is 4.98 Å². The zero-order valence-corrected chi connectivity index (χ0v) is 20.5. The molecule has 33 heavy (non-hydrogen) atoms. The van der Waals surface area contributed by atoms with Gasteiger partial charge in [-0.15, -0.1) is 0 Å². The van der Waals surface area contributed by atoms with Gasteiger partial charge >= 0.3 is 6.09 Å². The van der Waals surface area contributed by atoms with Gasteiger partial charge < -0.3 is 15.0 Å². The second-order valence-electron chi connectivity index (χ2n) is 8.73. The van der Waals surface area contributed by atoms with Crippen molar-refractivity contribution < 1.29 is 13.9 Å². The highest BCUT2D eigenvalue weighted by molar-refractivity contribution is 7.80. The van der Waals surface area contributed by atoms with Crippen molar-refractivity contribution in [3.05, 3.63) is 76.8 Å². The lowest BCUT2D eigenvalue weighted by molar-refractivity contribution is 0.0525. The van der Waals surface area contributed by atoms with Crippen LogP contribution in [-0.4, -0.2) is 39.7 Å². The summed E-state index contributed by atoms with van der Waals surface area (Å²) in [6, 6.07) is 12.8. The van der Waals surface area contributed by atoms with Gasteiger partial charge in [0.1, 0.15) is 11.4 Å². The van der Waals surface area contributed by atoms with Crippen molar-refractivity contribution in [3.8, 4) is 0 Å². The van der Waals surface area contributed by atoms with Crippen LogP contribution >= 0.6 is 23.8 Å². The number of nitrogens with zero attached hydrogens (tertiary/aromatic N) is 2. The molecule has 5 nitrogen and oxygen atoms in total. The Morgan fingerprint density at radius 1 is 1.15 bits per heavy atom. The summed E-state index contributed by atoms with van der Waals surface area (Å²) < 4.78 is 19.3. The zero-order chi connectivity index (χ0) is 24.0. The molecule has 3 rings (SSSR count). The molecule has 1 amide bonds. The summed E-state index contributed by atoms with van der Waals surface area (Å²) in [5.74, 6) is -0.477. The summed E-state index contributed by atoms with van der Waals surface area (Å²) in [4.78, 5) is 18.8. The maximum absolute atomic E-state index is 14.0. The highest BCUT2D eigenvalue weighted by Gasteiger charge is 2.17. The monoisotopic (exact) mass is 487 g/mol. The fourth-order valence-electron chi connectivity index (χ4n) is 3.29. The van der Waals surface area contributed by atoms with Gasteiger partial charge in [-0.1, -0.05) is 48.1 Å². The van der Waals surface area contributed by atoms with Gasteiger partial charge in [0.15, 0.2) is 0 Å². The maximum atomic E-state index is 14.0. The molecule has 0 radical (unpaired) electrons. The average Bonchev–Trinajstić information content (AvgIpc) is 2.74. The standard InChI is InChI=1S/C25H27ClFN3O2S/c1-25(2,3)32-24(31)29-10-11-30(16-18-5-7-21(26)22(27)13-18)23(33)14-17-4-6-20-15-28-9-8-19(20)12-17/h4-9,12-13,15H,10-11,14,16H2,1-3H3,(H,29,31). The van der Waals surface area contributed by atoms with Crippen molar-refractivity contribution in [1.29, 1.82) is 0 Å². The van der Waals surface area contributed by atoms with Gasteiger partial charge in [0.2, 0.25) is 0 Å². The van der Waals surface area contributed by atoms with Gasteiger partial charge in [0.25, 0.3) is 0 Å². The first-order valence-corrected chi connectivity index (χ1v) is 11.4. The molecule has 174 valence electrons. The van der Waals surface area contributed by atoms with E-state index >= 15 is 0 Å². The molecule has 1 heterocycles. The topological polar surface area (TPSA) is 54.5 Å². The van der Waals surface area contributed by atoms with Crippen molar-refractivity contribution in [2.45, 2.75) is 39.3 Å². The van der Waals surface area contributed by atoms with Gasteiger partial charge in [0.05, 0.1) is 10.0 Å². The van der Waals surface area contributed by atoms with E-state index in [1.165, 1.54) is 12.1 Å². The summed E-state index contributed by atoms with van der Waals surface area (Å²) in [5.41, 5.74) is 1.22.